The Hall–Kier alpha value is -1.39. The molecule has 1 aromatic rings. The highest BCUT2D eigenvalue weighted by Gasteiger charge is 2.42. The van der Waals surface area contributed by atoms with Crippen LogP contribution in [0.25, 0.3) is 0 Å². The number of carbonyl (C=O) groups is 1. The Kier molecular flexibility index (Phi) is 3.65. The molecule has 4 heteroatoms. The van der Waals surface area contributed by atoms with Gasteiger partial charge >= 0.3 is 0 Å². The number of benzene rings is 1. The lowest BCUT2D eigenvalue weighted by Crippen LogP contribution is -2.34. The van der Waals surface area contributed by atoms with E-state index >= 15 is 0 Å². The predicted molar refractivity (Wildman–Crippen MR) is 80.9 cm³/mol. The maximum absolute atomic E-state index is 12.2. The molecule has 20 heavy (non-hydrogen) atoms. The van der Waals surface area contributed by atoms with E-state index in [1.54, 1.807) is 18.7 Å². The molecule has 0 spiro atoms. The fourth-order valence-corrected chi connectivity index (χ4v) is 2.64. The molecule has 0 atom stereocenters. The Labute approximate surface area is 120 Å². The first-order chi connectivity index (χ1) is 9.13. The number of nitrogens with one attached hydrogen (secondary N) is 1. The van der Waals surface area contributed by atoms with E-state index in [-0.39, 0.29) is 5.91 Å². The summed E-state index contributed by atoms with van der Waals surface area (Å²) in [4.78, 5) is 13.9. The summed E-state index contributed by atoms with van der Waals surface area (Å²) in [6.45, 7) is 8.70. The summed E-state index contributed by atoms with van der Waals surface area (Å²) in [5, 5.41) is 12.9. The van der Waals surface area contributed by atoms with Crippen molar-refractivity contribution >= 4 is 11.6 Å². The lowest BCUT2D eigenvalue weighted by atomic mass is 9.85. The number of fused-ring (bicyclic) bond motifs is 1. The van der Waals surface area contributed by atoms with Crippen LogP contribution in [-0.4, -0.2) is 30.2 Å². The molecule has 1 heterocycles. The maximum atomic E-state index is 12.2. The second-order valence-electron chi connectivity index (χ2n) is 6.76. The zero-order valence-electron chi connectivity index (χ0n) is 12.9. The van der Waals surface area contributed by atoms with E-state index < -0.39 is 11.0 Å². The van der Waals surface area contributed by atoms with Crippen molar-refractivity contribution in [2.75, 3.05) is 18.5 Å². The molecule has 1 aromatic carbocycles. The largest absolute Gasteiger partial charge is 0.389 e. The van der Waals surface area contributed by atoms with E-state index in [0.717, 1.165) is 16.8 Å². The quantitative estimate of drug-likeness (QED) is 0.881. The molecule has 1 aliphatic heterocycles. The van der Waals surface area contributed by atoms with E-state index in [9.17, 15) is 9.90 Å². The number of amides is 1. The topological polar surface area (TPSA) is 52.6 Å². The third-order valence-corrected chi connectivity index (χ3v) is 3.82. The number of anilines is 1. The first-order valence-corrected chi connectivity index (χ1v) is 6.97. The zero-order valence-corrected chi connectivity index (χ0v) is 12.9. The second-order valence-corrected chi connectivity index (χ2v) is 6.76. The minimum Gasteiger partial charge on any atom is -0.389 e. The van der Waals surface area contributed by atoms with E-state index in [2.05, 4.69) is 11.4 Å². The Morgan fingerprint density at radius 2 is 2.00 bits per heavy atom. The highest BCUT2D eigenvalue weighted by atomic mass is 16.3. The van der Waals surface area contributed by atoms with Crippen LogP contribution in [0.5, 0.6) is 0 Å². The van der Waals surface area contributed by atoms with Crippen molar-refractivity contribution in [2.45, 2.75) is 45.3 Å². The summed E-state index contributed by atoms with van der Waals surface area (Å²) >= 11 is 0. The first kappa shape index (κ1) is 15.0. The highest BCUT2D eigenvalue weighted by Crippen LogP contribution is 2.40. The third-order valence-electron chi connectivity index (χ3n) is 3.82. The summed E-state index contributed by atoms with van der Waals surface area (Å²) in [5.74, 6) is 0.133. The molecule has 0 fully saturated rings. The molecule has 0 bridgehead atoms. The van der Waals surface area contributed by atoms with Gasteiger partial charge in [-0.05, 0) is 44.9 Å². The van der Waals surface area contributed by atoms with Gasteiger partial charge in [0.25, 0.3) is 0 Å². The summed E-state index contributed by atoms with van der Waals surface area (Å²) in [7, 11) is 1.82. The van der Waals surface area contributed by atoms with Crippen molar-refractivity contribution in [2.24, 2.45) is 0 Å². The van der Waals surface area contributed by atoms with Gasteiger partial charge in [0.1, 0.15) is 0 Å². The number of hydrogen-bond acceptors (Lipinski definition) is 3. The lowest BCUT2D eigenvalue weighted by molar-refractivity contribution is -0.121. The van der Waals surface area contributed by atoms with Crippen LogP contribution in [0.4, 0.5) is 5.69 Å². The standard InChI is InChI=1S/C16H24N2O2/c1-15(2,20)10-17-9-11-6-7-13-12(8-11)16(3,4)14(19)18(13)5/h6-8,17,20H,9-10H2,1-5H3. The monoisotopic (exact) mass is 276 g/mol. The van der Waals surface area contributed by atoms with Crippen molar-refractivity contribution < 1.29 is 9.90 Å². The molecule has 0 saturated heterocycles. The van der Waals surface area contributed by atoms with Gasteiger partial charge < -0.3 is 15.3 Å². The van der Waals surface area contributed by atoms with Gasteiger partial charge in [-0.1, -0.05) is 12.1 Å². The Morgan fingerprint density at radius 1 is 1.35 bits per heavy atom. The summed E-state index contributed by atoms with van der Waals surface area (Å²) < 4.78 is 0. The fraction of sp³-hybridized carbons (Fsp3) is 0.562. The van der Waals surface area contributed by atoms with Crippen LogP contribution in [0, 0.1) is 0 Å². The van der Waals surface area contributed by atoms with Gasteiger partial charge in [-0.25, -0.2) is 0 Å². The molecule has 0 radical (unpaired) electrons. The van der Waals surface area contributed by atoms with Crippen molar-refractivity contribution in [1.29, 1.82) is 0 Å². The number of hydrogen-bond donors (Lipinski definition) is 2. The van der Waals surface area contributed by atoms with Gasteiger partial charge in [-0.15, -0.1) is 0 Å². The Balaban J connectivity index is 2.17. The summed E-state index contributed by atoms with van der Waals surface area (Å²) in [5.41, 5.74) is 2.02. The summed E-state index contributed by atoms with van der Waals surface area (Å²) in [6, 6.07) is 6.12. The number of carbonyl (C=O) groups excluding carboxylic acids is 1. The molecular formula is C16H24N2O2. The van der Waals surface area contributed by atoms with Crippen LogP contribution in [0.1, 0.15) is 38.8 Å². The number of rotatable bonds is 4. The first-order valence-electron chi connectivity index (χ1n) is 6.97. The molecule has 0 unspecified atom stereocenters. The molecule has 0 saturated carbocycles. The maximum Gasteiger partial charge on any atom is 0.236 e. The van der Waals surface area contributed by atoms with Crippen LogP contribution < -0.4 is 10.2 Å². The van der Waals surface area contributed by atoms with Crippen LogP contribution in [0.2, 0.25) is 0 Å². The predicted octanol–water partition coefficient (Wildman–Crippen LogP) is 1.80. The molecule has 0 aromatic heterocycles. The number of aliphatic hydroxyl groups is 1. The van der Waals surface area contributed by atoms with Gasteiger partial charge in [0.2, 0.25) is 5.91 Å². The van der Waals surface area contributed by atoms with E-state index in [4.69, 9.17) is 0 Å². The highest BCUT2D eigenvalue weighted by molar-refractivity contribution is 6.07. The smallest absolute Gasteiger partial charge is 0.236 e. The SMILES string of the molecule is CN1C(=O)C(C)(C)c2cc(CNCC(C)(C)O)ccc21. The van der Waals surface area contributed by atoms with Crippen LogP contribution >= 0.6 is 0 Å². The minimum absolute atomic E-state index is 0.133. The van der Waals surface area contributed by atoms with Crippen LogP contribution in [-0.2, 0) is 16.8 Å². The van der Waals surface area contributed by atoms with Crippen molar-refractivity contribution in [3.8, 4) is 0 Å². The van der Waals surface area contributed by atoms with Gasteiger partial charge in [0, 0.05) is 25.8 Å². The Bertz CT molecular complexity index is 530. The molecule has 0 aliphatic carbocycles. The number of nitrogens with zero attached hydrogens (tertiary/aromatic N) is 1. The average molecular weight is 276 g/mol. The average Bonchev–Trinajstić information content (AvgIpc) is 2.50. The fourth-order valence-electron chi connectivity index (χ4n) is 2.64. The van der Waals surface area contributed by atoms with Crippen molar-refractivity contribution in [1.82, 2.24) is 5.32 Å². The molecule has 2 rings (SSSR count). The molecule has 4 nitrogen and oxygen atoms in total. The third kappa shape index (κ3) is 2.72. The molecule has 1 aliphatic rings. The van der Waals surface area contributed by atoms with E-state index in [1.807, 2.05) is 33.0 Å². The Morgan fingerprint density at radius 3 is 2.60 bits per heavy atom. The zero-order chi connectivity index (χ0) is 15.1. The van der Waals surface area contributed by atoms with Crippen molar-refractivity contribution in [3.63, 3.8) is 0 Å². The molecule has 1 amide bonds. The lowest BCUT2D eigenvalue weighted by Gasteiger charge is -2.19. The number of likely N-dealkylation sites (N-methyl/N-ethyl adjacent to an activating group) is 1. The van der Waals surface area contributed by atoms with E-state index in [1.165, 1.54) is 0 Å². The van der Waals surface area contributed by atoms with Gasteiger partial charge in [0.15, 0.2) is 0 Å². The van der Waals surface area contributed by atoms with Crippen molar-refractivity contribution in [3.05, 3.63) is 29.3 Å². The van der Waals surface area contributed by atoms with Gasteiger partial charge in [0.05, 0.1) is 11.0 Å². The molecular weight excluding hydrogens is 252 g/mol. The normalized spacial score (nSPS) is 17.5. The van der Waals surface area contributed by atoms with Gasteiger partial charge in [-0.2, -0.15) is 0 Å². The van der Waals surface area contributed by atoms with E-state index in [0.29, 0.717) is 13.1 Å². The molecule has 110 valence electrons. The minimum atomic E-state index is -0.716. The van der Waals surface area contributed by atoms with Gasteiger partial charge in [-0.3, -0.25) is 4.79 Å². The van der Waals surface area contributed by atoms with Crippen LogP contribution in [0.3, 0.4) is 0 Å². The van der Waals surface area contributed by atoms with Crippen LogP contribution in [0.15, 0.2) is 18.2 Å². The summed E-state index contributed by atoms with van der Waals surface area (Å²) in [6.07, 6.45) is 0. The molecule has 2 N–H and O–H groups in total. The second kappa shape index (κ2) is 4.86.